The first-order valence-corrected chi connectivity index (χ1v) is 9.17. The van der Waals surface area contributed by atoms with E-state index in [2.05, 4.69) is 10.6 Å². The molecular formula is C19H25N3O6. The topological polar surface area (TPSA) is 114 Å². The lowest BCUT2D eigenvalue weighted by Gasteiger charge is -2.21. The molecule has 1 atom stereocenters. The van der Waals surface area contributed by atoms with Crippen molar-refractivity contribution in [1.82, 2.24) is 10.6 Å². The van der Waals surface area contributed by atoms with Gasteiger partial charge in [-0.1, -0.05) is 19.1 Å². The van der Waals surface area contributed by atoms with Crippen molar-refractivity contribution in [3.63, 3.8) is 0 Å². The molecule has 152 valence electrons. The number of nitrogens with one attached hydrogen (secondary N) is 2. The maximum absolute atomic E-state index is 12.3. The fourth-order valence-electron chi connectivity index (χ4n) is 2.56. The van der Waals surface area contributed by atoms with E-state index in [-0.39, 0.29) is 31.4 Å². The van der Waals surface area contributed by atoms with Gasteiger partial charge in [0.15, 0.2) is 6.61 Å². The zero-order chi connectivity index (χ0) is 20.5. The molecule has 0 radical (unpaired) electrons. The number of amides is 3. The van der Waals surface area contributed by atoms with Gasteiger partial charge in [-0.3, -0.25) is 24.1 Å². The molecular weight excluding hydrogens is 366 g/mol. The molecule has 2 rings (SSSR count). The molecule has 0 fully saturated rings. The smallest absolute Gasteiger partial charge is 0.326 e. The lowest BCUT2D eigenvalue weighted by Crippen LogP contribution is -2.46. The first-order valence-electron chi connectivity index (χ1n) is 9.17. The molecule has 0 saturated heterocycles. The Kier molecular flexibility index (Phi) is 7.79. The molecule has 1 heterocycles. The second-order valence-corrected chi connectivity index (χ2v) is 6.29. The highest BCUT2D eigenvalue weighted by Crippen LogP contribution is 2.30. The monoisotopic (exact) mass is 391 g/mol. The van der Waals surface area contributed by atoms with E-state index < -0.39 is 24.5 Å². The van der Waals surface area contributed by atoms with Crippen LogP contribution < -0.4 is 20.3 Å². The second kappa shape index (κ2) is 10.3. The SMILES string of the molecule is CCCNC(=O)[C@H](C)NC(=O)COC(=O)CN1C(=O)CCOc2ccccc21. The van der Waals surface area contributed by atoms with Crippen LogP contribution in [0.15, 0.2) is 24.3 Å². The third kappa shape index (κ3) is 5.97. The van der Waals surface area contributed by atoms with Gasteiger partial charge in [-0.15, -0.1) is 0 Å². The molecule has 1 aliphatic heterocycles. The van der Waals surface area contributed by atoms with Crippen molar-refractivity contribution in [2.24, 2.45) is 0 Å². The van der Waals surface area contributed by atoms with Crippen LogP contribution in [-0.2, 0) is 23.9 Å². The number of ether oxygens (including phenoxy) is 2. The van der Waals surface area contributed by atoms with E-state index in [1.54, 1.807) is 24.3 Å². The number of rotatable bonds is 8. The van der Waals surface area contributed by atoms with Gasteiger partial charge in [0.25, 0.3) is 5.91 Å². The Balaban J connectivity index is 1.86. The van der Waals surface area contributed by atoms with Crippen LogP contribution in [-0.4, -0.2) is 56.0 Å². The van der Waals surface area contributed by atoms with Gasteiger partial charge in [-0.25, -0.2) is 0 Å². The first-order chi connectivity index (χ1) is 13.4. The lowest BCUT2D eigenvalue weighted by atomic mass is 10.2. The number of esters is 1. The lowest BCUT2D eigenvalue weighted by molar-refractivity contribution is -0.148. The quantitative estimate of drug-likeness (QED) is 0.619. The van der Waals surface area contributed by atoms with E-state index in [4.69, 9.17) is 9.47 Å². The number of benzene rings is 1. The Labute approximate surface area is 163 Å². The summed E-state index contributed by atoms with van der Waals surface area (Å²) in [6, 6.07) is 6.15. The van der Waals surface area contributed by atoms with Crippen molar-refractivity contribution in [2.75, 3.05) is 31.2 Å². The molecule has 9 nitrogen and oxygen atoms in total. The molecule has 1 aromatic carbocycles. The molecule has 0 spiro atoms. The highest BCUT2D eigenvalue weighted by Gasteiger charge is 2.26. The zero-order valence-electron chi connectivity index (χ0n) is 16.0. The van der Waals surface area contributed by atoms with Gasteiger partial charge >= 0.3 is 5.97 Å². The number of hydrogen-bond donors (Lipinski definition) is 2. The summed E-state index contributed by atoms with van der Waals surface area (Å²) >= 11 is 0. The number of para-hydroxylation sites is 2. The highest BCUT2D eigenvalue weighted by atomic mass is 16.5. The summed E-state index contributed by atoms with van der Waals surface area (Å²) < 4.78 is 10.5. The number of fused-ring (bicyclic) bond motifs is 1. The van der Waals surface area contributed by atoms with Crippen molar-refractivity contribution in [2.45, 2.75) is 32.7 Å². The van der Waals surface area contributed by atoms with Crippen LogP contribution in [0.2, 0.25) is 0 Å². The van der Waals surface area contributed by atoms with Gasteiger partial charge in [0.1, 0.15) is 18.3 Å². The number of anilines is 1. The number of hydrogen-bond acceptors (Lipinski definition) is 6. The minimum absolute atomic E-state index is 0.132. The Hall–Kier alpha value is -3.10. The third-order valence-corrected chi connectivity index (χ3v) is 4.00. The number of carbonyl (C=O) groups is 4. The fourth-order valence-corrected chi connectivity index (χ4v) is 2.56. The van der Waals surface area contributed by atoms with Crippen LogP contribution >= 0.6 is 0 Å². The van der Waals surface area contributed by atoms with Crippen molar-refractivity contribution >= 4 is 29.4 Å². The van der Waals surface area contributed by atoms with Crippen LogP contribution in [0.25, 0.3) is 0 Å². The zero-order valence-corrected chi connectivity index (χ0v) is 16.0. The minimum atomic E-state index is -0.742. The molecule has 0 unspecified atom stereocenters. The summed E-state index contributed by atoms with van der Waals surface area (Å²) in [5.74, 6) is -1.41. The van der Waals surface area contributed by atoms with Gasteiger partial charge in [0.2, 0.25) is 11.8 Å². The maximum Gasteiger partial charge on any atom is 0.326 e. The van der Waals surface area contributed by atoms with Crippen molar-refractivity contribution in [3.05, 3.63) is 24.3 Å². The molecule has 0 saturated carbocycles. The van der Waals surface area contributed by atoms with Crippen LogP contribution in [0, 0.1) is 0 Å². The summed E-state index contributed by atoms with van der Waals surface area (Å²) in [4.78, 5) is 49.3. The molecule has 2 N–H and O–H groups in total. The van der Waals surface area contributed by atoms with Crippen LogP contribution in [0.3, 0.4) is 0 Å². The predicted octanol–water partition coefficient (Wildman–Crippen LogP) is 0.376. The van der Waals surface area contributed by atoms with Gasteiger partial charge in [0, 0.05) is 6.54 Å². The summed E-state index contributed by atoms with van der Waals surface area (Å²) in [5, 5.41) is 5.11. The fraction of sp³-hybridized carbons (Fsp3) is 0.474. The average Bonchev–Trinajstić information content (AvgIpc) is 2.83. The van der Waals surface area contributed by atoms with Crippen LogP contribution in [0.5, 0.6) is 5.75 Å². The normalized spacial score (nSPS) is 14.2. The molecule has 0 aliphatic carbocycles. The van der Waals surface area contributed by atoms with Gasteiger partial charge in [-0.05, 0) is 25.5 Å². The van der Waals surface area contributed by atoms with Crippen LogP contribution in [0.1, 0.15) is 26.7 Å². The Bertz CT molecular complexity index is 736. The summed E-state index contributed by atoms with van der Waals surface area (Å²) in [7, 11) is 0. The van der Waals surface area contributed by atoms with Gasteiger partial charge < -0.3 is 20.1 Å². The van der Waals surface area contributed by atoms with Crippen molar-refractivity contribution in [3.8, 4) is 5.75 Å². The van der Waals surface area contributed by atoms with E-state index in [1.807, 2.05) is 6.92 Å². The Morgan fingerprint density at radius 2 is 2.04 bits per heavy atom. The molecule has 28 heavy (non-hydrogen) atoms. The van der Waals surface area contributed by atoms with Crippen molar-refractivity contribution in [1.29, 1.82) is 0 Å². The standard InChI is InChI=1S/C19H25N3O6/c1-3-9-20-19(26)13(2)21-16(23)12-28-18(25)11-22-14-6-4-5-7-15(14)27-10-8-17(22)24/h4-7,13H,3,8-12H2,1-2H3,(H,20,26)(H,21,23)/t13-/m0/s1. The van der Waals surface area contributed by atoms with E-state index in [9.17, 15) is 19.2 Å². The molecule has 0 bridgehead atoms. The largest absolute Gasteiger partial charge is 0.491 e. The molecule has 1 aromatic rings. The number of nitrogens with zero attached hydrogens (tertiary/aromatic N) is 1. The highest BCUT2D eigenvalue weighted by molar-refractivity contribution is 5.99. The minimum Gasteiger partial charge on any atom is -0.491 e. The average molecular weight is 391 g/mol. The van der Waals surface area contributed by atoms with E-state index in [1.165, 1.54) is 11.8 Å². The van der Waals surface area contributed by atoms with Gasteiger partial charge in [-0.2, -0.15) is 0 Å². The predicted molar refractivity (Wildman–Crippen MR) is 101 cm³/mol. The molecule has 1 aliphatic rings. The Morgan fingerprint density at radius 3 is 2.79 bits per heavy atom. The summed E-state index contributed by atoms with van der Waals surface area (Å²) in [6.45, 7) is 3.33. The maximum atomic E-state index is 12.3. The summed E-state index contributed by atoms with van der Waals surface area (Å²) in [5.41, 5.74) is 0.479. The summed E-state index contributed by atoms with van der Waals surface area (Å²) in [6.07, 6.45) is 0.917. The molecule has 3 amide bonds. The molecule has 9 heteroatoms. The van der Waals surface area contributed by atoms with Gasteiger partial charge in [0.05, 0.1) is 18.7 Å². The van der Waals surface area contributed by atoms with E-state index >= 15 is 0 Å². The third-order valence-electron chi connectivity index (χ3n) is 4.00. The van der Waals surface area contributed by atoms with E-state index in [0.29, 0.717) is 18.0 Å². The van der Waals surface area contributed by atoms with Crippen molar-refractivity contribution < 1.29 is 28.7 Å². The first kappa shape index (κ1) is 21.2. The van der Waals surface area contributed by atoms with E-state index in [0.717, 1.165) is 6.42 Å². The number of carbonyl (C=O) groups excluding carboxylic acids is 4. The Morgan fingerprint density at radius 1 is 1.29 bits per heavy atom. The second-order valence-electron chi connectivity index (χ2n) is 6.29. The molecule has 0 aromatic heterocycles. The van der Waals surface area contributed by atoms with Crippen LogP contribution in [0.4, 0.5) is 5.69 Å².